The molecule has 0 spiro atoms. The van der Waals surface area contributed by atoms with Gasteiger partial charge in [-0.1, -0.05) is 12.1 Å². The number of rotatable bonds is 5. The second kappa shape index (κ2) is 8.22. The molecule has 0 aromatic heterocycles. The minimum atomic E-state index is -3.58. The van der Waals surface area contributed by atoms with Gasteiger partial charge < -0.3 is 10.6 Å². The smallest absolute Gasteiger partial charge is 0.241 e. The first-order valence-corrected chi connectivity index (χ1v) is 9.28. The maximum Gasteiger partial charge on any atom is 0.241 e. The van der Waals surface area contributed by atoms with E-state index in [1.54, 1.807) is 0 Å². The molecule has 1 aromatic rings. The number of carbonyl (C=O) groups excluding carboxylic acids is 1. The Hall–Kier alpha value is -1.25. The molecule has 9 heteroatoms. The molecule has 5 nitrogen and oxygen atoms in total. The molecular formula is C15H21ClF2N2O3S. The van der Waals surface area contributed by atoms with Crippen molar-refractivity contribution in [3.05, 3.63) is 35.4 Å². The maximum absolute atomic E-state index is 13.6. The van der Waals surface area contributed by atoms with E-state index in [0.717, 1.165) is 12.3 Å². The summed E-state index contributed by atoms with van der Waals surface area (Å²) >= 11 is 0. The third kappa shape index (κ3) is 4.23. The normalized spacial score (nSPS) is 17.0. The molecule has 1 heterocycles. The molecule has 0 atom stereocenters. The van der Waals surface area contributed by atoms with Crippen LogP contribution in [0.4, 0.5) is 8.78 Å². The fourth-order valence-electron chi connectivity index (χ4n) is 2.81. The lowest BCUT2D eigenvalue weighted by atomic mass is 9.95. The van der Waals surface area contributed by atoms with Crippen molar-refractivity contribution in [1.29, 1.82) is 0 Å². The number of hydrogen-bond acceptors (Lipinski definition) is 4. The van der Waals surface area contributed by atoms with E-state index in [9.17, 15) is 22.0 Å². The van der Waals surface area contributed by atoms with Crippen molar-refractivity contribution in [1.82, 2.24) is 10.6 Å². The molecule has 0 aliphatic carbocycles. The largest absolute Gasteiger partial charge is 0.354 e. The molecular weight excluding hydrogens is 362 g/mol. The van der Waals surface area contributed by atoms with Gasteiger partial charge >= 0.3 is 0 Å². The van der Waals surface area contributed by atoms with Gasteiger partial charge in [-0.3, -0.25) is 4.79 Å². The molecule has 1 saturated heterocycles. The van der Waals surface area contributed by atoms with Crippen molar-refractivity contribution < 1.29 is 22.0 Å². The number of halogens is 3. The Bertz CT molecular complexity index is 692. The second-order valence-electron chi connectivity index (χ2n) is 5.74. The Morgan fingerprint density at radius 1 is 1.29 bits per heavy atom. The van der Waals surface area contributed by atoms with E-state index in [-0.39, 0.29) is 43.8 Å². The fourth-order valence-corrected chi connectivity index (χ4v) is 4.16. The van der Waals surface area contributed by atoms with Crippen LogP contribution in [0.15, 0.2) is 18.2 Å². The average molecular weight is 383 g/mol. The SMILES string of the molecule is CS(=O)(=O)C1(C(=O)NCCc2cccc(F)c2F)CCNCC1.Cl. The first kappa shape index (κ1) is 20.8. The van der Waals surface area contributed by atoms with Gasteiger partial charge in [-0.25, -0.2) is 17.2 Å². The molecule has 0 bridgehead atoms. The van der Waals surface area contributed by atoms with Crippen LogP contribution in [0.25, 0.3) is 0 Å². The van der Waals surface area contributed by atoms with Crippen LogP contribution < -0.4 is 10.6 Å². The highest BCUT2D eigenvalue weighted by Crippen LogP contribution is 2.28. The van der Waals surface area contributed by atoms with Gasteiger partial charge in [-0.05, 0) is 44.0 Å². The number of hydrogen-bond donors (Lipinski definition) is 2. The monoisotopic (exact) mass is 382 g/mol. The van der Waals surface area contributed by atoms with Crippen LogP contribution in [0.2, 0.25) is 0 Å². The van der Waals surface area contributed by atoms with E-state index < -0.39 is 32.1 Å². The first-order valence-electron chi connectivity index (χ1n) is 7.39. The van der Waals surface area contributed by atoms with Gasteiger partial charge in [0.15, 0.2) is 26.2 Å². The lowest BCUT2D eigenvalue weighted by Gasteiger charge is -2.34. The molecule has 136 valence electrons. The van der Waals surface area contributed by atoms with Gasteiger partial charge in [-0.2, -0.15) is 0 Å². The van der Waals surface area contributed by atoms with Crippen molar-refractivity contribution in [3.8, 4) is 0 Å². The first-order chi connectivity index (χ1) is 10.8. The van der Waals surface area contributed by atoms with Crippen molar-refractivity contribution >= 4 is 28.2 Å². The van der Waals surface area contributed by atoms with Gasteiger partial charge in [0.2, 0.25) is 5.91 Å². The van der Waals surface area contributed by atoms with Crippen LogP contribution in [-0.2, 0) is 21.1 Å². The number of nitrogens with one attached hydrogen (secondary N) is 2. The summed E-state index contributed by atoms with van der Waals surface area (Å²) in [6.07, 6.45) is 1.55. The molecule has 0 unspecified atom stereocenters. The quantitative estimate of drug-likeness (QED) is 0.802. The molecule has 1 amide bonds. The number of piperidine rings is 1. The summed E-state index contributed by atoms with van der Waals surface area (Å²) in [6, 6.07) is 3.84. The van der Waals surface area contributed by atoms with Crippen molar-refractivity contribution in [2.24, 2.45) is 0 Å². The summed E-state index contributed by atoms with van der Waals surface area (Å²) in [7, 11) is -3.58. The van der Waals surface area contributed by atoms with Gasteiger partial charge in [0.25, 0.3) is 0 Å². The summed E-state index contributed by atoms with van der Waals surface area (Å²) < 4.78 is 49.4. The lowest BCUT2D eigenvalue weighted by molar-refractivity contribution is -0.124. The van der Waals surface area contributed by atoms with Crippen molar-refractivity contribution in [3.63, 3.8) is 0 Å². The van der Waals surface area contributed by atoms with Crippen molar-refractivity contribution in [2.75, 3.05) is 25.9 Å². The Morgan fingerprint density at radius 3 is 2.50 bits per heavy atom. The number of benzene rings is 1. The number of sulfone groups is 1. The second-order valence-corrected chi connectivity index (χ2v) is 8.06. The van der Waals surface area contributed by atoms with Crippen LogP contribution in [0.1, 0.15) is 18.4 Å². The van der Waals surface area contributed by atoms with E-state index in [4.69, 9.17) is 0 Å². The number of carbonyl (C=O) groups is 1. The van der Waals surface area contributed by atoms with Gasteiger partial charge in [0, 0.05) is 12.8 Å². The van der Waals surface area contributed by atoms with Crippen LogP contribution in [0.3, 0.4) is 0 Å². The van der Waals surface area contributed by atoms with Crippen LogP contribution in [0, 0.1) is 11.6 Å². The highest BCUT2D eigenvalue weighted by Gasteiger charge is 2.48. The van der Waals surface area contributed by atoms with Gasteiger partial charge in [0.05, 0.1) is 0 Å². The zero-order valence-corrected chi connectivity index (χ0v) is 14.9. The predicted octanol–water partition coefficient (Wildman–Crippen LogP) is 1.21. The third-order valence-corrected chi connectivity index (χ3v) is 6.26. The molecule has 2 N–H and O–H groups in total. The minimum absolute atomic E-state index is 0. The van der Waals surface area contributed by atoms with Crippen LogP contribution >= 0.6 is 12.4 Å². The van der Waals surface area contributed by atoms with Crippen LogP contribution in [0.5, 0.6) is 0 Å². The van der Waals surface area contributed by atoms with Crippen LogP contribution in [-0.4, -0.2) is 45.0 Å². The predicted molar refractivity (Wildman–Crippen MR) is 90.0 cm³/mol. The highest BCUT2D eigenvalue weighted by molar-refractivity contribution is 7.92. The van der Waals surface area contributed by atoms with E-state index in [1.165, 1.54) is 12.1 Å². The van der Waals surface area contributed by atoms with Gasteiger partial charge in [0.1, 0.15) is 0 Å². The Labute approximate surface area is 146 Å². The Morgan fingerprint density at radius 2 is 1.92 bits per heavy atom. The highest BCUT2D eigenvalue weighted by atomic mass is 35.5. The molecule has 24 heavy (non-hydrogen) atoms. The molecule has 0 saturated carbocycles. The number of amides is 1. The molecule has 2 rings (SSSR count). The summed E-state index contributed by atoms with van der Waals surface area (Å²) in [5.74, 6) is -2.46. The maximum atomic E-state index is 13.6. The van der Waals surface area contributed by atoms with Gasteiger partial charge in [-0.15, -0.1) is 12.4 Å². The zero-order valence-electron chi connectivity index (χ0n) is 13.3. The molecule has 1 aliphatic rings. The molecule has 1 aliphatic heterocycles. The van der Waals surface area contributed by atoms with Crippen molar-refractivity contribution in [2.45, 2.75) is 24.0 Å². The minimum Gasteiger partial charge on any atom is -0.354 e. The average Bonchev–Trinajstić information content (AvgIpc) is 2.51. The summed E-state index contributed by atoms with van der Waals surface area (Å²) in [5.41, 5.74) is 0.143. The lowest BCUT2D eigenvalue weighted by Crippen LogP contribution is -2.57. The molecule has 0 radical (unpaired) electrons. The Balaban J connectivity index is 0.00000288. The Kier molecular flexibility index (Phi) is 7.12. The third-order valence-electron chi connectivity index (χ3n) is 4.25. The fraction of sp³-hybridized carbons (Fsp3) is 0.533. The summed E-state index contributed by atoms with van der Waals surface area (Å²) in [4.78, 5) is 12.4. The van der Waals surface area contributed by atoms with E-state index in [2.05, 4.69) is 10.6 Å². The topological polar surface area (TPSA) is 75.3 Å². The standard InChI is InChI=1S/C15H20F2N2O3S.ClH/c1-23(21,22)15(6-9-18-10-7-15)14(20)19-8-5-11-3-2-4-12(16)13(11)17;/h2-4,18H,5-10H2,1H3,(H,19,20);1H. The summed E-state index contributed by atoms with van der Waals surface area (Å²) in [5, 5.41) is 5.59. The molecule has 1 aromatic carbocycles. The van der Waals surface area contributed by atoms with E-state index in [0.29, 0.717) is 13.1 Å². The molecule has 1 fully saturated rings. The van der Waals surface area contributed by atoms with E-state index >= 15 is 0 Å². The van der Waals surface area contributed by atoms with E-state index in [1.807, 2.05) is 0 Å². The zero-order chi connectivity index (χ0) is 17.1. The summed E-state index contributed by atoms with van der Waals surface area (Å²) in [6.45, 7) is 0.932.